The maximum Gasteiger partial charge on any atom is 0.310 e. The number of hydrogen-bond acceptors (Lipinski definition) is 4. The molecule has 5 nitrogen and oxygen atoms in total. The van der Waals surface area contributed by atoms with Crippen LogP contribution in [0, 0.1) is 5.92 Å². The van der Waals surface area contributed by atoms with Gasteiger partial charge in [0.1, 0.15) is 11.4 Å². The van der Waals surface area contributed by atoms with Crippen molar-refractivity contribution in [3.05, 3.63) is 42.0 Å². The van der Waals surface area contributed by atoms with Crippen molar-refractivity contribution in [2.45, 2.75) is 45.6 Å². The first-order valence-electron chi connectivity index (χ1n) is 10.2. The molecular formula is C24H30N2O3. The average Bonchev–Trinajstić information content (AvgIpc) is 2.57. The maximum absolute atomic E-state index is 11.1. The molecular weight excluding hydrogens is 364 g/mol. The zero-order valence-corrected chi connectivity index (χ0v) is 17.9. The van der Waals surface area contributed by atoms with Crippen molar-refractivity contribution in [1.82, 2.24) is 0 Å². The molecule has 0 saturated carbocycles. The van der Waals surface area contributed by atoms with E-state index in [9.17, 15) is 4.79 Å². The van der Waals surface area contributed by atoms with E-state index in [0.717, 1.165) is 34.8 Å². The number of anilines is 2. The number of benzene rings is 2. The van der Waals surface area contributed by atoms with E-state index < -0.39 is 5.97 Å². The van der Waals surface area contributed by atoms with Crippen LogP contribution in [-0.2, 0) is 10.2 Å². The second kappa shape index (κ2) is 6.68. The van der Waals surface area contributed by atoms with E-state index in [-0.39, 0.29) is 16.9 Å². The Morgan fingerprint density at radius 1 is 1.21 bits per heavy atom. The van der Waals surface area contributed by atoms with Crippen molar-refractivity contribution >= 4 is 17.3 Å². The number of aliphatic carboxylic acids is 1. The number of carbonyl (C=O) groups is 1. The molecule has 2 aromatic carbocycles. The summed E-state index contributed by atoms with van der Waals surface area (Å²) in [6.45, 7) is 12.7. The molecule has 1 fully saturated rings. The van der Waals surface area contributed by atoms with Crippen LogP contribution in [0.15, 0.2) is 36.4 Å². The van der Waals surface area contributed by atoms with Crippen molar-refractivity contribution in [1.29, 1.82) is 0 Å². The van der Waals surface area contributed by atoms with Gasteiger partial charge in [0.05, 0.1) is 18.2 Å². The van der Waals surface area contributed by atoms with Crippen LogP contribution in [0.5, 0.6) is 5.75 Å². The predicted octanol–water partition coefficient (Wildman–Crippen LogP) is 4.75. The number of carboxylic acids is 1. The van der Waals surface area contributed by atoms with E-state index in [1.165, 1.54) is 5.56 Å². The third kappa shape index (κ3) is 3.78. The number of hydrogen-bond donors (Lipinski definition) is 2. The maximum atomic E-state index is 11.1. The summed E-state index contributed by atoms with van der Waals surface area (Å²) in [6, 6.07) is 12.8. The predicted molar refractivity (Wildman–Crippen MR) is 117 cm³/mol. The van der Waals surface area contributed by atoms with Crippen molar-refractivity contribution in [2.75, 3.05) is 29.9 Å². The number of ether oxygens (including phenoxy) is 1. The summed E-state index contributed by atoms with van der Waals surface area (Å²) in [5.74, 6) is -0.0924. The highest BCUT2D eigenvalue weighted by Gasteiger charge is 2.33. The fourth-order valence-electron chi connectivity index (χ4n) is 3.89. The minimum absolute atomic E-state index is 0.00147. The summed E-state index contributed by atoms with van der Waals surface area (Å²) >= 11 is 0. The third-order valence-corrected chi connectivity index (χ3v) is 5.80. The van der Waals surface area contributed by atoms with Gasteiger partial charge in [0.25, 0.3) is 0 Å². The van der Waals surface area contributed by atoms with Gasteiger partial charge in [-0.1, -0.05) is 32.9 Å². The first-order chi connectivity index (χ1) is 13.5. The molecule has 0 bridgehead atoms. The second-order valence-corrected chi connectivity index (χ2v) is 9.85. The number of carboxylic acid groups (broad SMARTS) is 1. The van der Waals surface area contributed by atoms with Gasteiger partial charge in [-0.15, -0.1) is 0 Å². The van der Waals surface area contributed by atoms with Gasteiger partial charge in [0, 0.05) is 24.3 Å². The molecule has 0 aromatic heterocycles. The Hall–Kier alpha value is -2.69. The molecule has 4 rings (SSSR count). The van der Waals surface area contributed by atoms with Crippen molar-refractivity contribution in [3.8, 4) is 16.9 Å². The number of nitrogens with one attached hydrogen (secondary N) is 1. The van der Waals surface area contributed by atoms with E-state index in [4.69, 9.17) is 9.84 Å². The molecule has 0 unspecified atom stereocenters. The van der Waals surface area contributed by atoms with Gasteiger partial charge in [-0.2, -0.15) is 0 Å². The molecule has 5 heteroatoms. The quantitative estimate of drug-likeness (QED) is 0.786. The number of fused-ring (bicyclic) bond motifs is 1. The Bertz CT molecular complexity index is 953. The Morgan fingerprint density at radius 2 is 1.93 bits per heavy atom. The standard InChI is InChI=1S/C24H30N2O3/c1-23(2,3)17-10-19(21-20(11-17)29-24(4,5)14-25-21)15-7-6-8-18(9-15)26-12-16(13-26)22(27)28/h6-11,16,25H,12-14H2,1-5H3,(H,27,28). The van der Waals surface area contributed by atoms with E-state index >= 15 is 0 Å². The fraction of sp³-hybridized carbons (Fsp3) is 0.458. The first-order valence-corrected chi connectivity index (χ1v) is 10.2. The lowest BCUT2D eigenvalue weighted by atomic mass is 9.84. The van der Waals surface area contributed by atoms with Crippen LogP contribution < -0.4 is 15.0 Å². The molecule has 2 aliphatic heterocycles. The SMILES string of the molecule is CC1(C)CNc2c(cc(C(C)(C)C)cc2-c2cccc(N3CC(C(=O)O)C3)c2)O1. The molecule has 0 amide bonds. The zero-order valence-electron chi connectivity index (χ0n) is 17.9. The van der Waals surface area contributed by atoms with Crippen LogP contribution in [0.3, 0.4) is 0 Å². The van der Waals surface area contributed by atoms with Crippen LogP contribution in [0.2, 0.25) is 0 Å². The van der Waals surface area contributed by atoms with Crippen molar-refractivity contribution < 1.29 is 14.6 Å². The number of rotatable bonds is 3. The van der Waals surface area contributed by atoms with Gasteiger partial charge in [-0.05, 0) is 54.7 Å². The monoisotopic (exact) mass is 394 g/mol. The summed E-state index contributed by atoms with van der Waals surface area (Å²) in [7, 11) is 0. The summed E-state index contributed by atoms with van der Waals surface area (Å²) in [5, 5.41) is 12.7. The second-order valence-electron chi connectivity index (χ2n) is 9.85. The van der Waals surface area contributed by atoms with Crippen LogP contribution in [0.4, 0.5) is 11.4 Å². The smallest absolute Gasteiger partial charge is 0.310 e. The van der Waals surface area contributed by atoms with Crippen LogP contribution in [0.1, 0.15) is 40.2 Å². The normalized spacial score (nSPS) is 18.3. The molecule has 154 valence electrons. The van der Waals surface area contributed by atoms with E-state index in [1.807, 2.05) is 6.07 Å². The molecule has 29 heavy (non-hydrogen) atoms. The van der Waals surface area contributed by atoms with Gasteiger partial charge < -0.3 is 20.1 Å². The van der Waals surface area contributed by atoms with Gasteiger partial charge in [0.15, 0.2) is 0 Å². The molecule has 2 N–H and O–H groups in total. The van der Waals surface area contributed by atoms with E-state index in [2.05, 4.69) is 75.2 Å². The molecule has 2 heterocycles. The lowest BCUT2D eigenvalue weighted by Crippen LogP contribution is -2.50. The average molecular weight is 395 g/mol. The van der Waals surface area contributed by atoms with Crippen LogP contribution in [0.25, 0.3) is 11.1 Å². The molecule has 2 aliphatic rings. The van der Waals surface area contributed by atoms with E-state index in [1.54, 1.807) is 0 Å². The molecule has 2 aromatic rings. The molecule has 0 radical (unpaired) electrons. The largest absolute Gasteiger partial charge is 0.484 e. The van der Waals surface area contributed by atoms with Gasteiger partial charge >= 0.3 is 5.97 Å². The Labute approximate surface area is 172 Å². The molecule has 0 atom stereocenters. The Morgan fingerprint density at radius 3 is 2.59 bits per heavy atom. The summed E-state index contributed by atoms with van der Waals surface area (Å²) in [4.78, 5) is 13.3. The highest BCUT2D eigenvalue weighted by Crippen LogP contribution is 2.44. The minimum Gasteiger partial charge on any atom is -0.484 e. The third-order valence-electron chi connectivity index (χ3n) is 5.80. The van der Waals surface area contributed by atoms with E-state index in [0.29, 0.717) is 13.1 Å². The summed E-state index contributed by atoms with van der Waals surface area (Å²) < 4.78 is 6.33. The fourth-order valence-corrected chi connectivity index (χ4v) is 3.89. The van der Waals surface area contributed by atoms with Crippen LogP contribution >= 0.6 is 0 Å². The lowest BCUT2D eigenvalue weighted by molar-refractivity contribution is -0.142. The molecule has 1 saturated heterocycles. The van der Waals surface area contributed by atoms with Gasteiger partial charge in [-0.3, -0.25) is 4.79 Å². The first kappa shape index (κ1) is 19.6. The molecule has 0 aliphatic carbocycles. The van der Waals surface area contributed by atoms with Crippen molar-refractivity contribution in [2.24, 2.45) is 5.92 Å². The lowest BCUT2D eigenvalue weighted by Gasteiger charge is -2.39. The van der Waals surface area contributed by atoms with Crippen LogP contribution in [-0.4, -0.2) is 36.3 Å². The summed E-state index contributed by atoms with van der Waals surface area (Å²) in [5.41, 5.74) is 5.30. The summed E-state index contributed by atoms with van der Waals surface area (Å²) in [6.07, 6.45) is 0. The number of nitrogens with zero attached hydrogens (tertiary/aromatic N) is 1. The van der Waals surface area contributed by atoms with Gasteiger partial charge in [-0.25, -0.2) is 0 Å². The highest BCUT2D eigenvalue weighted by atomic mass is 16.5. The van der Waals surface area contributed by atoms with Gasteiger partial charge in [0.2, 0.25) is 0 Å². The topological polar surface area (TPSA) is 61.8 Å². The molecule has 0 spiro atoms. The minimum atomic E-state index is -0.715. The zero-order chi connectivity index (χ0) is 21.0. The Balaban J connectivity index is 1.75. The highest BCUT2D eigenvalue weighted by molar-refractivity contribution is 5.85. The Kier molecular flexibility index (Phi) is 4.52. The van der Waals surface area contributed by atoms with Crippen molar-refractivity contribution in [3.63, 3.8) is 0 Å².